The number of pyridine rings is 1. The van der Waals surface area contributed by atoms with E-state index in [4.69, 9.17) is 5.73 Å². The molecule has 0 unspecified atom stereocenters. The number of rotatable bonds is 4. The van der Waals surface area contributed by atoms with Crippen molar-refractivity contribution >= 4 is 11.2 Å². The fourth-order valence-electron chi connectivity index (χ4n) is 2.03. The number of imidazole rings is 1. The van der Waals surface area contributed by atoms with Crippen LogP contribution in [0.1, 0.15) is 12.1 Å². The molecule has 0 aliphatic heterocycles. The molecule has 3 heterocycles. The van der Waals surface area contributed by atoms with Crippen LogP contribution in [-0.4, -0.2) is 31.5 Å². The van der Waals surface area contributed by atoms with Crippen molar-refractivity contribution in [2.24, 2.45) is 5.73 Å². The van der Waals surface area contributed by atoms with Crippen molar-refractivity contribution in [1.29, 1.82) is 0 Å². The van der Waals surface area contributed by atoms with E-state index in [9.17, 15) is 0 Å². The van der Waals surface area contributed by atoms with Crippen molar-refractivity contribution in [3.05, 3.63) is 36.7 Å². The van der Waals surface area contributed by atoms with Crippen molar-refractivity contribution in [3.63, 3.8) is 0 Å². The molecule has 6 nitrogen and oxygen atoms in total. The van der Waals surface area contributed by atoms with Crippen LogP contribution >= 0.6 is 0 Å². The molecule has 6 heteroatoms. The summed E-state index contributed by atoms with van der Waals surface area (Å²) in [6, 6.07) is 3.98. The highest BCUT2D eigenvalue weighted by atomic mass is 15.0. The van der Waals surface area contributed by atoms with Crippen LogP contribution in [0.5, 0.6) is 0 Å². The van der Waals surface area contributed by atoms with Gasteiger partial charge >= 0.3 is 0 Å². The molecule has 0 atom stereocenters. The van der Waals surface area contributed by atoms with E-state index in [1.165, 1.54) is 6.33 Å². The molecule has 0 saturated heterocycles. The smallest absolute Gasteiger partial charge is 0.181 e. The van der Waals surface area contributed by atoms with Gasteiger partial charge in [-0.25, -0.2) is 15.0 Å². The van der Waals surface area contributed by atoms with Crippen LogP contribution in [0.3, 0.4) is 0 Å². The summed E-state index contributed by atoms with van der Waals surface area (Å²) >= 11 is 0. The lowest BCUT2D eigenvalue weighted by molar-refractivity contribution is 0.811. The Morgan fingerprint density at radius 1 is 1.16 bits per heavy atom. The minimum Gasteiger partial charge on any atom is -0.341 e. The number of fused-ring (bicyclic) bond motifs is 1. The third-order valence-corrected chi connectivity index (χ3v) is 2.95. The molecular weight excluding hydrogens is 240 g/mol. The van der Waals surface area contributed by atoms with E-state index < -0.39 is 0 Å². The summed E-state index contributed by atoms with van der Waals surface area (Å²) in [7, 11) is 0. The Hall–Kier alpha value is -2.34. The van der Waals surface area contributed by atoms with Crippen LogP contribution in [-0.2, 0) is 6.42 Å². The van der Waals surface area contributed by atoms with E-state index >= 15 is 0 Å². The Bertz CT molecular complexity index is 690. The maximum absolute atomic E-state index is 5.52. The molecule has 3 rings (SSSR count). The molecular formula is C13H14N6. The first-order valence-corrected chi connectivity index (χ1v) is 6.18. The van der Waals surface area contributed by atoms with Crippen LogP contribution < -0.4 is 5.73 Å². The highest BCUT2D eigenvalue weighted by Crippen LogP contribution is 2.23. The Balaban J connectivity index is 2.03. The minimum atomic E-state index is 0.671. The molecule has 19 heavy (non-hydrogen) atoms. The van der Waals surface area contributed by atoms with Gasteiger partial charge in [0, 0.05) is 17.5 Å². The Morgan fingerprint density at radius 3 is 3.00 bits per heavy atom. The zero-order valence-electron chi connectivity index (χ0n) is 10.4. The number of hydrogen-bond acceptors (Lipinski definition) is 5. The number of aromatic nitrogens is 5. The number of nitrogens with one attached hydrogen (secondary N) is 1. The van der Waals surface area contributed by atoms with Crippen molar-refractivity contribution in [1.82, 2.24) is 24.9 Å². The first kappa shape index (κ1) is 11.7. The van der Waals surface area contributed by atoms with Gasteiger partial charge in [-0.3, -0.25) is 4.98 Å². The lowest BCUT2D eigenvalue weighted by Crippen LogP contribution is -2.01. The number of hydrogen-bond donors (Lipinski definition) is 2. The molecule has 0 fully saturated rings. The third-order valence-electron chi connectivity index (χ3n) is 2.95. The van der Waals surface area contributed by atoms with Gasteiger partial charge in [0.15, 0.2) is 5.65 Å². The summed E-state index contributed by atoms with van der Waals surface area (Å²) in [6.45, 7) is 0.671. The molecule has 0 saturated carbocycles. The molecule has 0 amide bonds. The number of aryl methyl sites for hydroxylation is 1. The standard InChI is InChI=1S/C13H14N6/c14-4-1-2-10-6-9(3-5-15-10)11-12-13(18-7-16-11)19-8-17-12/h3,5-8H,1-2,4,14H2,(H,16,17,18,19). The summed E-state index contributed by atoms with van der Waals surface area (Å²) in [6.07, 6.45) is 6.75. The summed E-state index contributed by atoms with van der Waals surface area (Å²) in [5.74, 6) is 0. The normalized spacial score (nSPS) is 11.0. The first-order valence-electron chi connectivity index (χ1n) is 6.18. The maximum Gasteiger partial charge on any atom is 0.181 e. The zero-order chi connectivity index (χ0) is 13.1. The second-order valence-electron chi connectivity index (χ2n) is 4.25. The number of nitrogens with zero attached hydrogens (tertiary/aromatic N) is 4. The molecule has 3 N–H and O–H groups in total. The first-order chi connectivity index (χ1) is 9.38. The van der Waals surface area contributed by atoms with Crippen molar-refractivity contribution < 1.29 is 0 Å². The Labute approximate surface area is 110 Å². The predicted molar refractivity (Wildman–Crippen MR) is 72.3 cm³/mol. The molecule has 96 valence electrons. The van der Waals surface area contributed by atoms with Gasteiger partial charge in [0.05, 0.1) is 12.0 Å². The zero-order valence-corrected chi connectivity index (χ0v) is 10.4. The Kier molecular flexibility index (Phi) is 3.16. The molecule has 0 bridgehead atoms. The van der Waals surface area contributed by atoms with E-state index in [0.717, 1.165) is 35.3 Å². The fourth-order valence-corrected chi connectivity index (χ4v) is 2.03. The van der Waals surface area contributed by atoms with Gasteiger partial charge in [0.2, 0.25) is 0 Å². The van der Waals surface area contributed by atoms with Crippen LogP contribution in [0.15, 0.2) is 31.0 Å². The van der Waals surface area contributed by atoms with Crippen LogP contribution in [0.2, 0.25) is 0 Å². The summed E-state index contributed by atoms with van der Waals surface area (Å²) in [5.41, 5.74) is 9.92. The average molecular weight is 254 g/mol. The van der Waals surface area contributed by atoms with Crippen molar-refractivity contribution in [2.45, 2.75) is 12.8 Å². The largest absolute Gasteiger partial charge is 0.341 e. The monoisotopic (exact) mass is 254 g/mol. The number of H-pyrrole nitrogens is 1. The van der Waals surface area contributed by atoms with E-state index in [2.05, 4.69) is 24.9 Å². The lowest BCUT2D eigenvalue weighted by atomic mass is 10.1. The molecule has 0 aliphatic carbocycles. The van der Waals surface area contributed by atoms with Crippen LogP contribution in [0.25, 0.3) is 22.4 Å². The molecule has 0 aliphatic rings. The van der Waals surface area contributed by atoms with Gasteiger partial charge in [0.1, 0.15) is 11.8 Å². The van der Waals surface area contributed by atoms with Gasteiger partial charge in [-0.1, -0.05) is 0 Å². The van der Waals surface area contributed by atoms with Gasteiger partial charge in [0.25, 0.3) is 0 Å². The second-order valence-corrected chi connectivity index (χ2v) is 4.25. The second kappa shape index (κ2) is 5.11. The van der Waals surface area contributed by atoms with Gasteiger partial charge in [-0.15, -0.1) is 0 Å². The molecule has 0 radical (unpaired) electrons. The van der Waals surface area contributed by atoms with Gasteiger partial charge < -0.3 is 10.7 Å². The fraction of sp³-hybridized carbons (Fsp3) is 0.231. The lowest BCUT2D eigenvalue weighted by Gasteiger charge is -2.04. The maximum atomic E-state index is 5.52. The van der Waals surface area contributed by atoms with Crippen LogP contribution in [0.4, 0.5) is 0 Å². The van der Waals surface area contributed by atoms with Gasteiger partial charge in [-0.05, 0) is 31.5 Å². The molecule has 0 spiro atoms. The SMILES string of the molecule is NCCCc1cc(-c2ncnc3nc[nH]c23)ccn1. The Morgan fingerprint density at radius 2 is 2.11 bits per heavy atom. The number of nitrogens with two attached hydrogens (primary N) is 1. The third kappa shape index (κ3) is 2.30. The van der Waals surface area contributed by atoms with E-state index in [-0.39, 0.29) is 0 Å². The van der Waals surface area contributed by atoms with Crippen LogP contribution in [0, 0.1) is 0 Å². The summed E-state index contributed by atoms with van der Waals surface area (Å²) in [5, 5.41) is 0. The molecule has 3 aromatic rings. The van der Waals surface area contributed by atoms with Crippen molar-refractivity contribution in [3.8, 4) is 11.3 Å². The van der Waals surface area contributed by atoms with E-state index in [0.29, 0.717) is 12.2 Å². The molecule has 0 aromatic carbocycles. The number of aromatic amines is 1. The predicted octanol–water partition coefficient (Wildman–Crippen LogP) is 1.31. The summed E-state index contributed by atoms with van der Waals surface area (Å²) in [4.78, 5) is 20.0. The van der Waals surface area contributed by atoms with E-state index in [1.54, 1.807) is 12.5 Å². The quantitative estimate of drug-likeness (QED) is 0.732. The van der Waals surface area contributed by atoms with Crippen molar-refractivity contribution in [2.75, 3.05) is 6.54 Å². The highest BCUT2D eigenvalue weighted by molar-refractivity contribution is 5.86. The highest BCUT2D eigenvalue weighted by Gasteiger charge is 2.08. The summed E-state index contributed by atoms with van der Waals surface area (Å²) < 4.78 is 0. The van der Waals surface area contributed by atoms with E-state index in [1.807, 2.05) is 12.1 Å². The minimum absolute atomic E-state index is 0.671. The average Bonchev–Trinajstić information content (AvgIpc) is 2.93. The topological polar surface area (TPSA) is 93.4 Å². The van der Waals surface area contributed by atoms with Gasteiger partial charge in [-0.2, -0.15) is 0 Å². The molecule has 3 aromatic heterocycles.